The van der Waals surface area contributed by atoms with E-state index in [-0.39, 0.29) is 0 Å². The molecule has 3 rings (SSSR count). The smallest absolute Gasteiger partial charge is 0.0494 e. The second-order valence-electron chi connectivity index (χ2n) is 5.90. The summed E-state index contributed by atoms with van der Waals surface area (Å²) in [5, 5.41) is 2.78. The standard InChI is InChI=1S/C19H23N/c1-4-5-6-11-20-18-12-14(2)7-9-16(18)17-10-8-15(3)13-19(17)20/h7-10,12-13H,4-6,11H2,1-3H3. The number of aryl methyl sites for hydroxylation is 3. The Morgan fingerprint density at radius 3 is 1.85 bits per heavy atom. The van der Waals surface area contributed by atoms with Crippen LogP contribution in [0.25, 0.3) is 21.8 Å². The van der Waals surface area contributed by atoms with Gasteiger partial charge in [-0.1, -0.05) is 44.0 Å². The number of hydrogen-bond acceptors (Lipinski definition) is 0. The Hall–Kier alpha value is -1.76. The lowest BCUT2D eigenvalue weighted by Crippen LogP contribution is -1.97. The molecular formula is C19H23N. The van der Waals surface area contributed by atoms with Gasteiger partial charge in [-0.15, -0.1) is 0 Å². The predicted octanol–water partition coefficient (Wildman–Crippen LogP) is 5.60. The van der Waals surface area contributed by atoms with Gasteiger partial charge < -0.3 is 4.57 Å². The molecule has 104 valence electrons. The van der Waals surface area contributed by atoms with Crippen molar-refractivity contribution >= 4 is 21.8 Å². The Labute approximate surface area is 121 Å². The molecule has 0 aliphatic rings. The van der Waals surface area contributed by atoms with Gasteiger partial charge >= 0.3 is 0 Å². The van der Waals surface area contributed by atoms with Crippen LogP contribution < -0.4 is 0 Å². The van der Waals surface area contributed by atoms with Crippen LogP contribution in [0.5, 0.6) is 0 Å². The van der Waals surface area contributed by atoms with Crippen LogP contribution in [0.1, 0.15) is 37.3 Å². The van der Waals surface area contributed by atoms with Gasteiger partial charge in [-0.2, -0.15) is 0 Å². The van der Waals surface area contributed by atoms with Gasteiger partial charge in [-0.05, 0) is 43.5 Å². The summed E-state index contributed by atoms with van der Waals surface area (Å²) in [7, 11) is 0. The third-order valence-electron chi connectivity index (χ3n) is 4.16. The maximum atomic E-state index is 2.51. The fourth-order valence-corrected chi connectivity index (χ4v) is 3.08. The summed E-state index contributed by atoms with van der Waals surface area (Å²) in [6, 6.07) is 13.7. The Morgan fingerprint density at radius 1 is 0.800 bits per heavy atom. The molecule has 0 radical (unpaired) electrons. The van der Waals surface area contributed by atoms with Crippen molar-refractivity contribution in [1.29, 1.82) is 0 Å². The molecule has 0 spiro atoms. The third-order valence-corrected chi connectivity index (χ3v) is 4.16. The summed E-state index contributed by atoms with van der Waals surface area (Å²) < 4.78 is 2.51. The Kier molecular flexibility index (Phi) is 3.52. The number of aromatic nitrogens is 1. The molecule has 2 aromatic carbocycles. The van der Waals surface area contributed by atoms with Gasteiger partial charge in [0.25, 0.3) is 0 Å². The molecule has 0 bridgehead atoms. The van der Waals surface area contributed by atoms with Crippen molar-refractivity contribution in [1.82, 2.24) is 4.57 Å². The first-order valence-electron chi connectivity index (χ1n) is 7.70. The third kappa shape index (κ3) is 2.22. The second kappa shape index (κ2) is 5.32. The minimum atomic E-state index is 1.13. The minimum Gasteiger partial charge on any atom is -0.340 e. The van der Waals surface area contributed by atoms with E-state index in [2.05, 4.69) is 61.7 Å². The van der Waals surface area contributed by atoms with E-state index >= 15 is 0 Å². The van der Waals surface area contributed by atoms with E-state index in [9.17, 15) is 0 Å². The lowest BCUT2D eigenvalue weighted by atomic mass is 10.1. The zero-order valence-corrected chi connectivity index (χ0v) is 12.7. The first-order valence-corrected chi connectivity index (χ1v) is 7.70. The second-order valence-corrected chi connectivity index (χ2v) is 5.90. The van der Waals surface area contributed by atoms with Crippen LogP contribution in [-0.4, -0.2) is 4.57 Å². The van der Waals surface area contributed by atoms with Crippen molar-refractivity contribution in [3.05, 3.63) is 47.5 Å². The molecule has 1 aromatic heterocycles. The lowest BCUT2D eigenvalue weighted by Gasteiger charge is -2.07. The number of nitrogens with zero attached hydrogens (tertiary/aromatic N) is 1. The fraction of sp³-hybridized carbons (Fsp3) is 0.368. The molecule has 1 heterocycles. The molecule has 0 unspecified atom stereocenters. The predicted molar refractivity (Wildman–Crippen MR) is 88.4 cm³/mol. The van der Waals surface area contributed by atoms with Gasteiger partial charge in [0, 0.05) is 28.4 Å². The van der Waals surface area contributed by atoms with Crippen molar-refractivity contribution in [3.63, 3.8) is 0 Å². The lowest BCUT2D eigenvalue weighted by molar-refractivity contribution is 0.627. The first kappa shape index (κ1) is 13.2. The topological polar surface area (TPSA) is 4.93 Å². The van der Waals surface area contributed by atoms with Crippen molar-refractivity contribution in [3.8, 4) is 0 Å². The van der Waals surface area contributed by atoms with Crippen molar-refractivity contribution in [2.24, 2.45) is 0 Å². The number of unbranched alkanes of at least 4 members (excludes halogenated alkanes) is 2. The summed E-state index contributed by atoms with van der Waals surface area (Å²) in [4.78, 5) is 0. The Balaban J connectivity index is 2.24. The summed E-state index contributed by atoms with van der Waals surface area (Å²) in [5.41, 5.74) is 5.46. The number of benzene rings is 2. The highest BCUT2D eigenvalue weighted by molar-refractivity contribution is 6.08. The van der Waals surface area contributed by atoms with E-state index in [4.69, 9.17) is 0 Å². The largest absolute Gasteiger partial charge is 0.340 e. The van der Waals surface area contributed by atoms with Crippen LogP contribution in [0.15, 0.2) is 36.4 Å². The van der Waals surface area contributed by atoms with Crippen LogP contribution in [0.3, 0.4) is 0 Å². The molecule has 0 atom stereocenters. The van der Waals surface area contributed by atoms with Gasteiger partial charge in [0.1, 0.15) is 0 Å². The van der Waals surface area contributed by atoms with E-state index in [1.165, 1.54) is 52.2 Å². The highest BCUT2D eigenvalue weighted by Crippen LogP contribution is 2.30. The quantitative estimate of drug-likeness (QED) is 0.541. The molecule has 1 heteroatoms. The molecule has 20 heavy (non-hydrogen) atoms. The number of rotatable bonds is 4. The van der Waals surface area contributed by atoms with Gasteiger partial charge in [-0.3, -0.25) is 0 Å². The maximum absolute atomic E-state index is 2.51. The molecule has 0 aliphatic carbocycles. The number of hydrogen-bond donors (Lipinski definition) is 0. The SMILES string of the molecule is CCCCCn1c2cc(C)ccc2c2ccc(C)cc21. The monoisotopic (exact) mass is 265 g/mol. The van der Waals surface area contributed by atoms with E-state index < -0.39 is 0 Å². The normalized spacial score (nSPS) is 11.6. The van der Waals surface area contributed by atoms with E-state index in [0.717, 1.165) is 6.54 Å². The average molecular weight is 265 g/mol. The molecular weight excluding hydrogens is 242 g/mol. The highest BCUT2D eigenvalue weighted by atomic mass is 15.0. The molecule has 0 N–H and O–H groups in total. The minimum absolute atomic E-state index is 1.13. The van der Waals surface area contributed by atoms with Gasteiger partial charge in [0.05, 0.1) is 0 Å². The zero-order valence-electron chi connectivity index (χ0n) is 12.7. The summed E-state index contributed by atoms with van der Waals surface area (Å²) in [6.07, 6.45) is 3.84. The van der Waals surface area contributed by atoms with Crippen molar-refractivity contribution in [2.75, 3.05) is 0 Å². The van der Waals surface area contributed by atoms with Crippen LogP contribution in [0.2, 0.25) is 0 Å². The Bertz CT molecular complexity index is 690. The van der Waals surface area contributed by atoms with Crippen molar-refractivity contribution in [2.45, 2.75) is 46.6 Å². The highest BCUT2D eigenvalue weighted by Gasteiger charge is 2.10. The molecule has 0 amide bonds. The molecule has 0 saturated carbocycles. The van der Waals surface area contributed by atoms with Crippen LogP contribution in [0.4, 0.5) is 0 Å². The first-order chi connectivity index (χ1) is 9.70. The maximum Gasteiger partial charge on any atom is 0.0494 e. The summed E-state index contributed by atoms with van der Waals surface area (Å²) in [5.74, 6) is 0. The number of fused-ring (bicyclic) bond motifs is 3. The van der Waals surface area contributed by atoms with E-state index in [1.54, 1.807) is 0 Å². The molecule has 0 saturated heterocycles. The summed E-state index contributed by atoms with van der Waals surface area (Å²) in [6.45, 7) is 7.75. The van der Waals surface area contributed by atoms with Crippen molar-refractivity contribution < 1.29 is 0 Å². The van der Waals surface area contributed by atoms with Crippen LogP contribution >= 0.6 is 0 Å². The van der Waals surface area contributed by atoms with Crippen LogP contribution in [-0.2, 0) is 6.54 Å². The average Bonchev–Trinajstić information content (AvgIpc) is 2.72. The summed E-state index contributed by atoms with van der Waals surface area (Å²) >= 11 is 0. The van der Waals surface area contributed by atoms with Gasteiger partial charge in [-0.25, -0.2) is 0 Å². The van der Waals surface area contributed by atoms with Gasteiger partial charge in [0.15, 0.2) is 0 Å². The molecule has 0 fully saturated rings. The molecule has 1 nitrogen and oxygen atoms in total. The molecule has 3 aromatic rings. The van der Waals surface area contributed by atoms with E-state index in [0.29, 0.717) is 0 Å². The Morgan fingerprint density at radius 2 is 1.35 bits per heavy atom. The van der Waals surface area contributed by atoms with E-state index in [1.807, 2.05) is 0 Å². The molecule has 0 aliphatic heterocycles. The van der Waals surface area contributed by atoms with Gasteiger partial charge in [0.2, 0.25) is 0 Å². The van der Waals surface area contributed by atoms with Crippen LogP contribution in [0, 0.1) is 13.8 Å². The zero-order chi connectivity index (χ0) is 14.1. The fourth-order valence-electron chi connectivity index (χ4n) is 3.08.